The molecule has 6 heteroatoms. The van der Waals surface area contributed by atoms with Crippen LogP contribution in [0.4, 0.5) is 5.69 Å². The van der Waals surface area contributed by atoms with E-state index in [2.05, 4.69) is 5.32 Å². The molecule has 6 nitrogen and oxygen atoms in total. The summed E-state index contributed by atoms with van der Waals surface area (Å²) in [5, 5.41) is 2.71. The van der Waals surface area contributed by atoms with E-state index in [9.17, 15) is 19.2 Å². The number of ketones is 1. The van der Waals surface area contributed by atoms with Crippen molar-refractivity contribution >= 4 is 29.2 Å². The minimum absolute atomic E-state index is 0.0568. The number of anilines is 1. The lowest BCUT2D eigenvalue weighted by Gasteiger charge is -2.19. The molecule has 132 valence electrons. The van der Waals surface area contributed by atoms with Crippen LogP contribution in [0, 0.1) is 11.8 Å². The molecule has 2 fully saturated rings. The quantitative estimate of drug-likeness (QED) is 0.658. The summed E-state index contributed by atoms with van der Waals surface area (Å²) in [7, 11) is 0. The first-order chi connectivity index (χ1) is 12.0. The smallest absolute Gasteiger partial charge is 0.233 e. The van der Waals surface area contributed by atoms with Crippen molar-refractivity contribution < 1.29 is 19.2 Å². The number of nitrogens with one attached hydrogen (secondary N) is 1. The van der Waals surface area contributed by atoms with Gasteiger partial charge in [-0.15, -0.1) is 0 Å². The van der Waals surface area contributed by atoms with Crippen LogP contribution in [0.15, 0.2) is 24.3 Å². The lowest BCUT2D eigenvalue weighted by molar-refractivity contribution is -0.140. The number of carbonyl (C=O) groups excluding carboxylic acids is 4. The molecule has 0 bridgehead atoms. The molecule has 3 rings (SSSR count). The first-order valence-electron chi connectivity index (χ1n) is 8.73. The maximum Gasteiger partial charge on any atom is 0.233 e. The van der Waals surface area contributed by atoms with Gasteiger partial charge in [0.05, 0.1) is 11.8 Å². The minimum atomic E-state index is -0.281. The normalized spacial score (nSPS) is 22.7. The Morgan fingerprint density at radius 2 is 1.76 bits per heavy atom. The van der Waals surface area contributed by atoms with Crippen molar-refractivity contribution in [2.45, 2.75) is 39.0 Å². The molecule has 2 atom stereocenters. The molecule has 0 radical (unpaired) electrons. The Balaban J connectivity index is 1.57. The number of hydrogen-bond acceptors (Lipinski definition) is 4. The van der Waals surface area contributed by atoms with Crippen molar-refractivity contribution in [2.24, 2.45) is 11.8 Å². The number of amides is 3. The fourth-order valence-electron chi connectivity index (χ4n) is 3.70. The summed E-state index contributed by atoms with van der Waals surface area (Å²) >= 11 is 0. The maximum absolute atomic E-state index is 12.4. The van der Waals surface area contributed by atoms with Crippen LogP contribution < -0.4 is 5.32 Å². The van der Waals surface area contributed by atoms with Gasteiger partial charge >= 0.3 is 0 Å². The number of fused-ring (bicyclic) bond motifs is 1. The van der Waals surface area contributed by atoms with Gasteiger partial charge in [-0.05, 0) is 31.9 Å². The summed E-state index contributed by atoms with van der Waals surface area (Å²) in [4.78, 5) is 49.5. The summed E-state index contributed by atoms with van der Waals surface area (Å²) in [5.41, 5.74) is 1.05. The number of likely N-dealkylation sites (tertiary alicyclic amines) is 1. The van der Waals surface area contributed by atoms with Crippen molar-refractivity contribution in [3.63, 3.8) is 0 Å². The highest BCUT2D eigenvalue weighted by atomic mass is 16.2. The van der Waals surface area contributed by atoms with E-state index in [-0.39, 0.29) is 48.3 Å². The van der Waals surface area contributed by atoms with E-state index < -0.39 is 0 Å². The minimum Gasteiger partial charge on any atom is -0.326 e. The van der Waals surface area contributed by atoms with E-state index >= 15 is 0 Å². The maximum atomic E-state index is 12.4. The largest absolute Gasteiger partial charge is 0.326 e. The van der Waals surface area contributed by atoms with E-state index in [0.717, 1.165) is 25.7 Å². The third-order valence-corrected chi connectivity index (χ3v) is 5.05. The van der Waals surface area contributed by atoms with E-state index in [0.29, 0.717) is 11.3 Å². The topological polar surface area (TPSA) is 83.6 Å². The summed E-state index contributed by atoms with van der Waals surface area (Å²) in [6, 6.07) is 6.69. The van der Waals surface area contributed by atoms with E-state index in [4.69, 9.17) is 0 Å². The first-order valence-corrected chi connectivity index (χ1v) is 8.73. The highest BCUT2D eigenvalue weighted by Gasteiger charge is 2.47. The molecule has 1 saturated heterocycles. The first kappa shape index (κ1) is 17.3. The third-order valence-electron chi connectivity index (χ3n) is 5.05. The van der Waals surface area contributed by atoms with E-state index in [1.54, 1.807) is 24.3 Å². The van der Waals surface area contributed by atoms with Crippen LogP contribution in [0.3, 0.4) is 0 Å². The van der Waals surface area contributed by atoms with Crippen molar-refractivity contribution in [3.8, 4) is 0 Å². The van der Waals surface area contributed by atoms with Crippen LogP contribution in [0.25, 0.3) is 0 Å². The molecule has 25 heavy (non-hydrogen) atoms. The molecule has 0 spiro atoms. The lowest BCUT2D eigenvalue weighted by Crippen LogP contribution is -2.34. The van der Waals surface area contributed by atoms with Gasteiger partial charge in [0.25, 0.3) is 0 Å². The Hall–Kier alpha value is -2.50. The second-order valence-electron chi connectivity index (χ2n) is 6.76. The number of benzene rings is 1. The zero-order valence-corrected chi connectivity index (χ0v) is 14.3. The van der Waals surface area contributed by atoms with Crippen LogP contribution >= 0.6 is 0 Å². The van der Waals surface area contributed by atoms with E-state index in [1.165, 1.54) is 11.8 Å². The molecule has 1 heterocycles. The number of Topliss-reactive ketones (excluding diaryl/α,β-unsaturated/α-hetero) is 1. The predicted molar refractivity (Wildman–Crippen MR) is 91.9 cm³/mol. The summed E-state index contributed by atoms with van der Waals surface area (Å²) < 4.78 is 0. The Kier molecular flexibility index (Phi) is 4.97. The van der Waals surface area contributed by atoms with Gasteiger partial charge in [0.1, 0.15) is 0 Å². The van der Waals surface area contributed by atoms with E-state index in [1.807, 2.05) is 0 Å². The van der Waals surface area contributed by atoms with Crippen LogP contribution in [-0.2, 0) is 14.4 Å². The molecule has 1 aromatic carbocycles. The van der Waals surface area contributed by atoms with Gasteiger partial charge in [0.2, 0.25) is 17.7 Å². The van der Waals surface area contributed by atoms with Crippen molar-refractivity contribution in [1.82, 2.24) is 4.90 Å². The van der Waals surface area contributed by atoms with Gasteiger partial charge < -0.3 is 5.32 Å². The molecule has 1 aliphatic heterocycles. The number of nitrogens with zero attached hydrogens (tertiary/aromatic N) is 1. The Labute approximate surface area is 146 Å². The van der Waals surface area contributed by atoms with Crippen LogP contribution in [-0.4, -0.2) is 34.9 Å². The Morgan fingerprint density at radius 3 is 2.36 bits per heavy atom. The standard InChI is InChI=1S/C19H22N2O4/c1-12(22)13-5-4-6-14(11-13)20-17(23)9-10-21-18(24)15-7-2-3-8-16(15)19(21)25/h4-6,11,15-16H,2-3,7-10H2,1H3,(H,20,23). The molecule has 1 saturated carbocycles. The number of rotatable bonds is 5. The average Bonchev–Trinajstić information content (AvgIpc) is 2.85. The third kappa shape index (κ3) is 3.62. The SMILES string of the molecule is CC(=O)c1cccc(NC(=O)CCN2C(=O)C3CCCCC3C2=O)c1. The number of imide groups is 1. The second kappa shape index (κ2) is 7.17. The van der Waals surface area contributed by atoms with Crippen LogP contribution in [0.5, 0.6) is 0 Å². The van der Waals surface area contributed by atoms with Crippen molar-refractivity contribution in [3.05, 3.63) is 29.8 Å². The molecule has 1 N–H and O–H groups in total. The summed E-state index contributed by atoms with van der Waals surface area (Å²) in [6.07, 6.45) is 3.58. The molecular weight excluding hydrogens is 320 g/mol. The molecular formula is C19H22N2O4. The predicted octanol–water partition coefficient (Wildman–Crippen LogP) is 2.39. The fraction of sp³-hybridized carbons (Fsp3) is 0.474. The molecule has 0 aromatic heterocycles. The zero-order chi connectivity index (χ0) is 18.0. The Morgan fingerprint density at radius 1 is 1.12 bits per heavy atom. The van der Waals surface area contributed by atoms with Crippen molar-refractivity contribution in [1.29, 1.82) is 0 Å². The van der Waals surface area contributed by atoms with Gasteiger partial charge in [0, 0.05) is 24.2 Å². The molecule has 3 amide bonds. The number of carbonyl (C=O) groups is 4. The summed E-state index contributed by atoms with van der Waals surface area (Å²) in [6.45, 7) is 1.58. The monoisotopic (exact) mass is 342 g/mol. The zero-order valence-electron chi connectivity index (χ0n) is 14.3. The van der Waals surface area contributed by atoms with Crippen molar-refractivity contribution in [2.75, 3.05) is 11.9 Å². The molecule has 1 aromatic rings. The fourth-order valence-corrected chi connectivity index (χ4v) is 3.70. The van der Waals surface area contributed by atoms with Gasteiger partial charge in [-0.25, -0.2) is 0 Å². The van der Waals surface area contributed by atoms with Gasteiger partial charge in [-0.1, -0.05) is 25.0 Å². The summed E-state index contributed by atoms with van der Waals surface area (Å²) in [5.74, 6) is -0.974. The number of hydrogen-bond donors (Lipinski definition) is 1. The second-order valence-corrected chi connectivity index (χ2v) is 6.76. The lowest BCUT2D eigenvalue weighted by atomic mass is 9.81. The molecule has 2 unspecified atom stereocenters. The molecule has 1 aliphatic carbocycles. The average molecular weight is 342 g/mol. The van der Waals surface area contributed by atoms with Crippen LogP contribution in [0.1, 0.15) is 49.4 Å². The van der Waals surface area contributed by atoms with Gasteiger partial charge in [-0.2, -0.15) is 0 Å². The Bertz CT molecular complexity index is 704. The molecule has 2 aliphatic rings. The van der Waals surface area contributed by atoms with Gasteiger partial charge in [0.15, 0.2) is 5.78 Å². The highest BCUT2D eigenvalue weighted by molar-refractivity contribution is 6.05. The van der Waals surface area contributed by atoms with Gasteiger partial charge in [-0.3, -0.25) is 24.1 Å². The highest BCUT2D eigenvalue weighted by Crippen LogP contribution is 2.37. The van der Waals surface area contributed by atoms with Crippen LogP contribution in [0.2, 0.25) is 0 Å².